The van der Waals surface area contributed by atoms with Crippen LogP contribution in [-0.4, -0.2) is 30.4 Å². The fourth-order valence-electron chi connectivity index (χ4n) is 3.69. The minimum atomic E-state index is -0.0971. The number of likely N-dealkylation sites (tertiary alicyclic amines) is 1. The van der Waals surface area contributed by atoms with Gasteiger partial charge in [0.25, 0.3) is 5.91 Å². The van der Waals surface area contributed by atoms with Gasteiger partial charge in [0.15, 0.2) is 0 Å². The van der Waals surface area contributed by atoms with E-state index in [0.29, 0.717) is 24.5 Å². The summed E-state index contributed by atoms with van der Waals surface area (Å²) in [5.41, 5.74) is 0.602. The van der Waals surface area contributed by atoms with Gasteiger partial charge in [0.05, 0.1) is 12.3 Å². The molecular formula is C23H26N2O3S. The molecule has 0 spiro atoms. The molecule has 1 saturated heterocycles. The van der Waals surface area contributed by atoms with Crippen molar-refractivity contribution >= 4 is 17.2 Å². The first-order valence-corrected chi connectivity index (χ1v) is 11.0. The Bertz CT molecular complexity index is 887. The second-order valence-corrected chi connectivity index (χ2v) is 8.27. The second kappa shape index (κ2) is 9.76. The molecule has 1 amide bonds. The second-order valence-electron chi connectivity index (χ2n) is 7.23. The fraction of sp³-hybridized carbons (Fsp3) is 0.348. The van der Waals surface area contributed by atoms with Crippen LogP contribution in [0.3, 0.4) is 0 Å². The smallest absolute Gasteiger partial charge is 0.251 e. The number of ether oxygens (including phenoxy) is 1. The number of thiophene rings is 1. The van der Waals surface area contributed by atoms with E-state index in [1.165, 1.54) is 19.3 Å². The average molecular weight is 411 g/mol. The van der Waals surface area contributed by atoms with Crippen molar-refractivity contribution in [2.45, 2.75) is 31.9 Å². The number of carbonyl (C=O) groups excluding carboxylic acids is 1. The highest BCUT2D eigenvalue weighted by Crippen LogP contribution is 2.25. The Balaban J connectivity index is 1.38. The van der Waals surface area contributed by atoms with Gasteiger partial charge in [0.2, 0.25) is 0 Å². The Morgan fingerprint density at radius 2 is 2.03 bits per heavy atom. The van der Waals surface area contributed by atoms with Crippen LogP contribution in [0.4, 0.5) is 0 Å². The maximum atomic E-state index is 12.8. The molecular weight excluding hydrogens is 384 g/mol. The number of nitrogens with one attached hydrogen (secondary N) is 1. The summed E-state index contributed by atoms with van der Waals surface area (Å²) in [5.74, 6) is 1.50. The van der Waals surface area contributed by atoms with Crippen LogP contribution in [0.15, 0.2) is 64.6 Å². The lowest BCUT2D eigenvalue weighted by Gasteiger charge is -2.33. The van der Waals surface area contributed by atoms with Gasteiger partial charge in [-0.05, 0) is 67.7 Å². The number of benzene rings is 1. The number of nitrogens with zero attached hydrogens (tertiary/aromatic N) is 1. The highest BCUT2D eigenvalue weighted by molar-refractivity contribution is 7.09. The summed E-state index contributed by atoms with van der Waals surface area (Å²) in [6.07, 6.45) is 5.35. The van der Waals surface area contributed by atoms with Crippen LogP contribution < -0.4 is 10.1 Å². The lowest BCUT2D eigenvalue weighted by molar-refractivity contribution is 0.0913. The van der Waals surface area contributed by atoms with Gasteiger partial charge in [-0.1, -0.05) is 18.6 Å². The van der Waals surface area contributed by atoms with Crippen molar-refractivity contribution in [2.75, 3.05) is 19.6 Å². The van der Waals surface area contributed by atoms with Crippen molar-refractivity contribution < 1.29 is 13.9 Å². The Morgan fingerprint density at radius 3 is 2.79 bits per heavy atom. The number of amides is 1. The summed E-state index contributed by atoms with van der Waals surface area (Å²) < 4.78 is 11.5. The molecule has 1 unspecified atom stereocenters. The molecule has 0 saturated carbocycles. The summed E-state index contributed by atoms with van der Waals surface area (Å²) in [7, 11) is 0. The number of hydrogen-bond donors (Lipinski definition) is 1. The predicted molar refractivity (Wildman–Crippen MR) is 114 cm³/mol. The summed E-state index contributed by atoms with van der Waals surface area (Å²) in [6.45, 7) is 3.10. The van der Waals surface area contributed by atoms with E-state index >= 15 is 0 Å². The van der Waals surface area contributed by atoms with Crippen LogP contribution in [0.2, 0.25) is 0 Å². The van der Waals surface area contributed by atoms with Crippen molar-refractivity contribution in [1.29, 1.82) is 0 Å². The van der Waals surface area contributed by atoms with Crippen molar-refractivity contribution in [2.24, 2.45) is 0 Å². The van der Waals surface area contributed by atoms with E-state index in [4.69, 9.17) is 9.15 Å². The standard InChI is InChI=1S/C23H26N2O3S/c26-23(18-7-4-8-19(15-18)28-17-20-9-6-14-29-20)24-16-21(22-10-5-13-27-22)25-11-2-1-3-12-25/h4-10,13-15,21H,1-3,11-12,16-17H2,(H,24,26). The SMILES string of the molecule is O=C(NCC(c1ccco1)N1CCCCC1)c1cccc(OCc2cccs2)c1. The van der Waals surface area contributed by atoms with Crippen molar-refractivity contribution in [3.8, 4) is 5.75 Å². The lowest BCUT2D eigenvalue weighted by Crippen LogP contribution is -2.40. The summed E-state index contributed by atoms with van der Waals surface area (Å²) in [4.78, 5) is 16.3. The van der Waals surface area contributed by atoms with Crippen LogP contribution in [0.1, 0.15) is 46.3 Å². The number of piperidine rings is 1. The minimum absolute atomic E-state index is 0.0625. The maximum Gasteiger partial charge on any atom is 0.251 e. The summed E-state index contributed by atoms with van der Waals surface area (Å²) in [5, 5.41) is 5.12. The zero-order valence-electron chi connectivity index (χ0n) is 16.4. The van der Waals surface area contributed by atoms with Gasteiger partial charge in [-0.15, -0.1) is 11.3 Å². The number of rotatable bonds is 8. The van der Waals surface area contributed by atoms with E-state index in [2.05, 4.69) is 10.2 Å². The molecule has 29 heavy (non-hydrogen) atoms. The van der Waals surface area contributed by atoms with E-state index in [0.717, 1.165) is 23.7 Å². The predicted octanol–water partition coefficient (Wildman–Crippen LogP) is 4.88. The number of furan rings is 1. The molecule has 5 nitrogen and oxygen atoms in total. The van der Waals surface area contributed by atoms with Gasteiger partial charge in [-0.25, -0.2) is 0 Å². The molecule has 1 aliphatic rings. The van der Waals surface area contributed by atoms with Crippen molar-refractivity contribution in [3.63, 3.8) is 0 Å². The Kier molecular flexibility index (Phi) is 6.64. The largest absolute Gasteiger partial charge is 0.488 e. The molecule has 0 aliphatic carbocycles. The topological polar surface area (TPSA) is 54.7 Å². The van der Waals surface area contributed by atoms with Gasteiger partial charge < -0.3 is 14.5 Å². The third-order valence-corrected chi connectivity index (χ3v) is 6.07. The third-order valence-electron chi connectivity index (χ3n) is 5.22. The van der Waals surface area contributed by atoms with Gasteiger partial charge >= 0.3 is 0 Å². The van der Waals surface area contributed by atoms with Crippen LogP contribution in [0.5, 0.6) is 5.75 Å². The van der Waals surface area contributed by atoms with Crippen molar-refractivity contribution in [1.82, 2.24) is 10.2 Å². The molecule has 1 N–H and O–H groups in total. The monoisotopic (exact) mass is 410 g/mol. The first-order valence-electron chi connectivity index (χ1n) is 10.1. The van der Waals surface area contributed by atoms with E-state index in [1.54, 1.807) is 23.7 Å². The van der Waals surface area contributed by atoms with E-state index in [9.17, 15) is 4.79 Å². The van der Waals surface area contributed by atoms with Gasteiger partial charge in [0.1, 0.15) is 18.1 Å². The molecule has 4 rings (SSSR count). The normalized spacial score (nSPS) is 15.7. The van der Waals surface area contributed by atoms with Gasteiger partial charge in [-0.2, -0.15) is 0 Å². The molecule has 3 aromatic rings. The van der Waals surface area contributed by atoms with Crippen molar-refractivity contribution in [3.05, 3.63) is 76.4 Å². The molecule has 2 aromatic heterocycles. The highest BCUT2D eigenvalue weighted by Gasteiger charge is 2.25. The Morgan fingerprint density at radius 1 is 1.14 bits per heavy atom. The molecule has 0 radical (unpaired) electrons. The summed E-state index contributed by atoms with van der Waals surface area (Å²) >= 11 is 1.66. The van der Waals surface area contributed by atoms with Gasteiger partial charge in [-0.3, -0.25) is 9.69 Å². The minimum Gasteiger partial charge on any atom is -0.488 e. The third kappa shape index (κ3) is 5.28. The van der Waals surface area contributed by atoms with E-state index in [-0.39, 0.29) is 11.9 Å². The molecule has 1 atom stereocenters. The first-order chi connectivity index (χ1) is 14.3. The van der Waals surface area contributed by atoms with E-state index < -0.39 is 0 Å². The Hall–Kier alpha value is -2.57. The molecule has 152 valence electrons. The number of carbonyl (C=O) groups is 1. The lowest BCUT2D eigenvalue weighted by atomic mass is 10.1. The van der Waals surface area contributed by atoms with Crippen LogP contribution in [0.25, 0.3) is 0 Å². The molecule has 1 aliphatic heterocycles. The quantitative estimate of drug-likeness (QED) is 0.575. The van der Waals surface area contributed by atoms with Crippen LogP contribution in [-0.2, 0) is 6.61 Å². The Labute approximate surface area is 175 Å². The average Bonchev–Trinajstić information content (AvgIpc) is 3.48. The first kappa shape index (κ1) is 19.7. The molecule has 1 fully saturated rings. The van der Waals surface area contributed by atoms with E-state index in [1.807, 2.05) is 47.8 Å². The zero-order chi connectivity index (χ0) is 19.9. The summed E-state index contributed by atoms with van der Waals surface area (Å²) in [6, 6.07) is 15.3. The fourth-order valence-corrected chi connectivity index (χ4v) is 4.30. The van der Waals surface area contributed by atoms with Crippen LogP contribution in [0, 0.1) is 0 Å². The van der Waals surface area contributed by atoms with Crippen LogP contribution >= 0.6 is 11.3 Å². The highest BCUT2D eigenvalue weighted by atomic mass is 32.1. The molecule has 3 heterocycles. The van der Waals surface area contributed by atoms with Gasteiger partial charge in [0, 0.05) is 17.0 Å². The molecule has 6 heteroatoms. The molecule has 0 bridgehead atoms. The maximum absolute atomic E-state index is 12.8. The number of hydrogen-bond acceptors (Lipinski definition) is 5. The molecule has 1 aromatic carbocycles. The zero-order valence-corrected chi connectivity index (χ0v) is 17.2.